The first-order valence-electron chi connectivity index (χ1n) is 9.83. The summed E-state index contributed by atoms with van der Waals surface area (Å²) in [7, 11) is 4.03. The summed E-state index contributed by atoms with van der Waals surface area (Å²) in [5.74, 6) is 0.646. The molecular weight excluding hydrogens is 440 g/mol. The Balaban J connectivity index is 1.98. The molecule has 0 saturated carbocycles. The number of benzene rings is 3. The van der Waals surface area contributed by atoms with E-state index in [1.165, 1.54) is 0 Å². The first-order chi connectivity index (χ1) is 14.6. The van der Waals surface area contributed by atoms with Crippen molar-refractivity contribution < 1.29 is 9.53 Å². The Morgan fingerprint density at radius 2 is 1.63 bits per heavy atom. The van der Waals surface area contributed by atoms with Crippen LogP contribution in [0.3, 0.4) is 0 Å². The van der Waals surface area contributed by atoms with E-state index in [4.69, 9.17) is 4.74 Å². The lowest BCUT2D eigenvalue weighted by Crippen LogP contribution is -2.19. The van der Waals surface area contributed by atoms with Crippen LogP contribution in [0.15, 0.2) is 83.3 Å². The van der Waals surface area contributed by atoms with Gasteiger partial charge in [-0.15, -0.1) is 0 Å². The predicted octanol–water partition coefficient (Wildman–Crippen LogP) is 5.70. The van der Waals surface area contributed by atoms with Gasteiger partial charge in [0.05, 0.1) is 11.2 Å². The number of hydrogen-bond acceptors (Lipinski definition) is 3. The highest BCUT2D eigenvalue weighted by atomic mass is 79.9. The van der Waals surface area contributed by atoms with E-state index in [0.29, 0.717) is 12.2 Å². The fraction of sp³-hybridized carbons (Fsp3) is 0.160. The van der Waals surface area contributed by atoms with Crippen LogP contribution < -0.4 is 4.74 Å². The fourth-order valence-corrected chi connectivity index (χ4v) is 3.85. The summed E-state index contributed by atoms with van der Waals surface area (Å²) in [4.78, 5) is 15.7. The van der Waals surface area contributed by atoms with Crippen molar-refractivity contribution in [3.05, 3.63) is 88.9 Å². The topological polar surface area (TPSA) is 34.5 Å². The SMILES string of the molecule is CN(C)CCOc1c(-c2ccccc2)n(C(=O)c2ccccc2)c2ccc(Br)cc12. The van der Waals surface area contributed by atoms with Crippen molar-refractivity contribution in [3.8, 4) is 17.0 Å². The van der Waals surface area contributed by atoms with Crippen molar-refractivity contribution in [3.63, 3.8) is 0 Å². The molecule has 0 aliphatic rings. The number of fused-ring (bicyclic) bond motifs is 1. The minimum Gasteiger partial charge on any atom is -0.489 e. The zero-order valence-electron chi connectivity index (χ0n) is 17.0. The lowest BCUT2D eigenvalue weighted by molar-refractivity contribution is 0.0966. The van der Waals surface area contributed by atoms with Crippen LogP contribution in [0.2, 0.25) is 0 Å². The smallest absolute Gasteiger partial charge is 0.262 e. The summed E-state index contributed by atoms with van der Waals surface area (Å²) in [5, 5.41) is 0.909. The molecule has 5 heteroatoms. The molecule has 152 valence electrons. The highest BCUT2D eigenvalue weighted by Crippen LogP contribution is 2.41. The highest BCUT2D eigenvalue weighted by molar-refractivity contribution is 9.10. The third-order valence-electron chi connectivity index (χ3n) is 4.94. The number of nitrogens with zero attached hydrogens (tertiary/aromatic N) is 2. The molecule has 0 unspecified atom stereocenters. The van der Waals surface area contributed by atoms with Crippen LogP contribution in [0.25, 0.3) is 22.2 Å². The van der Waals surface area contributed by atoms with E-state index < -0.39 is 0 Å². The molecule has 4 rings (SSSR count). The molecule has 4 aromatic rings. The molecular formula is C25H23BrN2O2. The first-order valence-corrected chi connectivity index (χ1v) is 10.6. The fourth-order valence-electron chi connectivity index (χ4n) is 3.49. The number of halogens is 1. The van der Waals surface area contributed by atoms with Crippen molar-refractivity contribution in [2.24, 2.45) is 0 Å². The molecule has 0 aliphatic heterocycles. The maximum atomic E-state index is 13.6. The van der Waals surface area contributed by atoms with Gasteiger partial charge in [-0.2, -0.15) is 0 Å². The van der Waals surface area contributed by atoms with Gasteiger partial charge in [0.25, 0.3) is 5.91 Å². The quantitative estimate of drug-likeness (QED) is 0.368. The van der Waals surface area contributed by atoms with Gasteiger partial charge in [-0.05, 0) is 44.4 Å². The van der Waals surface area contributed by atoms with Crippen molar-refractivity contribution >= 4 is 32.7 Å². The predicted molar refractivity (Wildman–Crippen MR) is 125 cm³/mol. The lowest BCUT2D eigenvalue weighted by Gasteiger charge is -2.14. The molecule has 0 atom stereocenters. The summed E-state index contributed by atoms with van der Waals surface area (Å²) >= 11 is 3.57. The zero-order valence-corrected chi connectivity index (χ0v) is 18.6. The summed E-state index contributed by atoms with van der Waals surface area (Å²) in [5.41, 5.74) is 3.17. The summed E-state index contributed by atoms with van der Waals surface area (Å²) in [6.45, 7) is 1.31. The highest BCUT2D eigenvalue weighted by Gasteiger charge is 2.25. The summed E-state index contributed by atoms with van der Waals surface area (Å²) in [6.07, 6.45) is 0. The second-order valence-electron chi connectivity index (χ2n) is 7.36. The van der Waals surface area contributed by atoms with Gasteiger partial charge < -0.3 is 9.64 Å². The van der Waals surface area contributed by atoms with Gasteiger partial charge in [0, 0.05) is 27.5 Å². The van der Waals surface area contributed by atoms with E-state index in [0.717, 1.165) is 38.9 Å². The second kappa shape index (κ2) is 8.86. The number of likely N-dealkylation sites (N-methyl/N-ethyl adjacent to an activating group) is 1. The van der Waals surface area contributed by atoms with E-state index in [-0.39, 0.29) is 5.91 Å². The van der Waals surface area contributed by atoms with E-state index in [9.17, 15) is 4.79 Å². The Morgan fingerprint density at radius 1 is 0.967 bits per heavy atom. The third-order valence-corrected chi connectivity index (χ3v) is 5.43. The minimum atomic E-state index is -0.0794. The minimum absolute atomic E-state index is 0.0794. The van der Waals surface area contributed by atoms with Gasteiger partial charge in [0.2, 0.25) is 0 Å². The van der Waals surface area contributed by atoms with Crippen LogP contribution in [0.1, 0.15) is 10.4 Å². The molecule has 0 saturated heterocycles. The van der Waals surface area contributed by atoms with Gasteiger partial charge in [-0.1, -0.05) is 64.5 Å². The molecule has 3 aromatic carbocycles. The number of rotatable bonds is 6. The van der Waals surface area contributed by atoms with Crippen LogP contribution in [0, 0.1) is 0 Å². The van der Waals surface area contributed by atoms with E-state index in [1.807, 2.05) is 93.0 Å². The van der Waals surface area contributed by atoms with E-state index >= 15 is 0 Å². The number of aromatic nitrogens is 1. The molecule has 30 heavy (non-hydrogen) atoms. The summed E-state index contributed by atoms with van der Waals surface area (Å²) < 4.78 is 9.02. The Bertz CT molecular complexity index is 1170. The average Bonchev–Trinajstić information content (AvgIpc) is 3.07. The van der Waals surface area contributed by atoms with E-state index in [1.54, 1.807) is 4.57 Å². The maximum Gasteiger partial charge on any atom is 0.262 e. The zero-order chi connectivity index (χ0) is 21.1. The summed E-state index contributed by atoms with van der Waals surface area (Å²) in [6, 6.07) is 25.2. The largest absolute Gasteiger partial charge is 0.489 e. The lowest BCUT2D eigenvalue weighted by atomic mass is 10.1. The maximum absolute atomic E-state index is 13.6. The molecule has 1 aromatic heterocycles. The number of carbonyl (C=O) groups is 1. The van der Waals surface area contributed by atoms with Crippen LogP contribution in [0.4, 0.5) is 0 Å². The molecule has 0 bridgehead atoms. The Labute approximate surface area is 184 Å². The Hall–Kier alpha value is -2.89. The standard InChI is InChI=1S/C25H23BrN2O2/c1-27(2)15-16-30-24-21-17-20(26)13-14-22(21)28(23(24)18-9-5-3-6-10-18)25(29)19-11-7-4-8-12-19/h3-14,17H,15-16H2,1-2H3. The Morgan fingerprint density at radius 3 is 2.30 bits per heavy atom. The third kappa shape index (κ3) is 4.04. The molecule has 0 spiro atoms. The molecule has 0 amide bonds. The van der Waals surface area contributed by atoms with Gasteiger partial charge in [0.15, 0.2) is 5.75 Å². The van der Waals surface area contributed by atoms with Crippen molar-refractivity contribution in [1.29, 1.82) is 0 Å². The molecule has 0 aliphatic carbocycles. The number of hydrogen-bond donors (Lipinski definition) is 0. The average molecular weight is 463 g/mol. The van der Waals surface area contributed by atoms with Gasteiger partial charge in [-0.25, -0.2) is 0 Å². The first kappa shape index (κ1) is 20.4. The van der Waals surface area contributed by atoms with Crippen LogP contribution in [-0.4, -0.2) is 42.6 Å². The molecule has 1 heterocycles. The van der Waals surface area contributed by atoms with E-state index in [2.05, 4.69) is 20.8 Å². The van der Waals surface area contributed by atoms with Gasteiger partial charge in [0.1, 0.15) is 6.61 Å². The van der Waals surface area contributed by atoms with Crippen molar-refractivity contribution in [1.82, 2.24) is 9.47 Å². The van der Waals surface area contributed by atoms with Crippen LogP contribution in [-0.2, 0) is 0 Å². The monoisotopic (exact) mass is 462 g/mol. The van der Waals surface area contributed by atoms with Gasteiger partial charge >= 0.3 is 0 Å². The van der Waals surface area contributed by atoms with Crippen LogP contribution >= 0.6 is 15.9 Å². The molecule has 0 radical (unpaired) electrons. The normalized spacial score (nSPS) is 11.2. The molecule has 0 fully saturated rings. The number of ether oxygens (including phenoxy) is 1. The molecule has 4 nitrogen and oxygen atoms in total. The number of carbonyl (C=O) groups excluding carboxylic acids is 1. The molecule has 0 N–H and O–H groups in total. The van der Waals surface area contributed by atoms with Crippen molar-refractivity contribution in [2.75, 3.05) is 27.2 Å². The Kier molecular flexibility index (Phi) is 6.02. The van der Waals surface area contributed by atoms with Crippen molar-refractivity contribution in [2.45, 2.75) is 0 Å². The van der Waals surface area contributed by atoms with Gasteiger partial charge in [-0.3, -0.25) is 9.36 Å². The second-order valence-corrected chi connectivity index (χ2v) is 8.28. The van der Waals surface area contributed by atoms with Crippen LogP contribution in [0.5, 0.6) is 5.75 Å².